The van der Waals surface area contributed by atoms with Gasteiger partial charge in [-0.2, -0.15) is 24.4 Å². The molecule has 7 N–H and O–H groups in total. The Hall–Kier alpha value is -1.50. The van der Waals surface area contributed by atoms with E-state index >= 15 is 0 Å². The Morgan fingerprint density at radius 3 is 1.97 bits per heavy atom. The first kappa shape index (κ1) is 27.5. The van der Waals surface area contributed by atoms with Crippen molar-refractivity contribution in [3.63, 3.8) is 0 Å². The van der Waals surface area contributed by atoms with Gasteiger partial charge >= 0.3 is 5.97 Å². The maximum absolute atomic E-state index is 12.7. The number of hydrogen-bond donors (Lipinski definition) is 7. The lowest BCUT2D eigenvalue weighted by molar-refractivity contribution is -0.141. The second-order valence-electron chi connectivity index (χ2n) is 6.92. The first-order valence-electron chi connectivity index (χ1n) is 9.13. The summed E-state index contributed by atoms with van der Waals surface area (Å²) in [5, 5.41) is 25.9. The SMILES string of the molecule is CSCCC(NC(=O)C(NC(=O)C(N)C(C)O)C(C)C)C(=O)NC(CS)C(=O)O. The lowest BCUT2D eigenvalue weighted by Gasteiger charge is -2.27. The van der Waals surface area contributed by atoms with Gasteiger partial charge < -0.3 is 31.9 Å². The standard InChI is InChI=1S/C17H32N4O6S2/c1-8(2)13(21-15(24)12(18)9(3)22)16(25)19-10(5-6-29-4)14(23)20-11(7-28)17(26)27/h8-13,22,28H,5-7,18H2,1-4H3,(H,19,25)(H,20,23)(H,21,24)(H,26,27). The molecule has 0 saturated heterocycles. The summed E-state index contributed by atoms with van der Waals surface area (Å²) in [7, 11) is 0. The molecule has 0 aromatic carbocycles. The summed E-state index contributed by atoms with van der Waals surface area (Å²) in [5.74, 6) is -3.07. The molecule has 5 atom stereocenters. The first-order valence-corrected chi connectivity index (χ1v) is 11.2. The number of aliphatic hydroxyl groups is 1. The third kappa shape index (κ3) is 9.70. The minimum Gasteiger partial charge on any atom is -0.480 e. The highest BCUT2D eigenvalue weighted by atomic mass is 32.2. The molecule has 0 spiro atoms. The number of amides is 3. The highest BCUT2D eigenvalue weighted by Gasteiger charge is 2.31. The van der Waals surface area contributed by atoms with Crippen LogP contribution in [0.2, 0.25) is 0 Å². The van der Waals surface area contributed by atoms with Gasteiger partial charge in [-0.15, -0.1) is 0 Å². The molecule has 0 fully saturated rings. The molecule has 0 saturated carbocycles. The number of thioether (sulfide) groups is 1. The van der Waals surface area contributed by atoms with Crippen LogP contribution in [-0.4, -0.2) is 81.9 Å². The van der Waals surface area contributed by atoms with E-state index in [9.17, 15) is 24.3 Å². The van der Waals surface area contributed by atoms with Crippen molar-refractivity contribution in [2.45, 2.75) is 57.5 Å². The van der Waals surface area contributed by atoms with Gasteiger partial charge in [0.1, 0.15) is 24.2 Å². The van der Waals surface area contributed by atoms with Crippen LogP contribution in [0.1, 0.15) is 27.2 Å². The largest absolute Gasteiger partial charge is 0.480 e. The van der Waals surface area contributed by atoms with Gasteiger partial charge in [-0.05, 0) is 31.3 Å². The van der Waals surface area contributed by atoms with Crippen LogP contribution in [0.25, 0.3) is 0 Å². The van der Waals surface area contributed by atoms with E-state index in [2.05, 4.69) is 28.6 Å². The quantitative estimate of drug-likeness (QED) is 0.167. The Bertz CT molecular complexity index is 576. The molecule has 168 valence electrons. The summed E-state index contributed by atoms with van der Waals surface area (Å²) >= 11 is 5.37. The van der Waals surface area contributed by atoms with Crippen molar-refractivity contribution in [1.29, 1.82) is 0 Å². The minimum absolute atomic E-state index is 0.105. The van der Waals surface area contributed by atoms with Crippen molar-refractivity contribution < 1.29 is 29.4 Å². The molecule has 0 rings (SSSR count). The zero-order valence-corrected chi connectivity index (χ0v) is 18.8. The Kier molecular flexibility index (Phi) is 13.0. The van der Waals surface area contributed by atoms with E-state index in [1.165, 1.54) is 18.7 Å². The Balaban J connectivity index is 5.30. The molecular weight excluding hydrogens is 420 g/mol. The number of carbonyl (C=O) groups is 4. The molecule has 10 nitrogen and oxygen atoms in total. The third-order valence-electron chi connectivity index (χ3n) is 4.11. The van der Waals surface area contributed by atoms with Gasteiger partial charge in [0.05, 0.1) is 6.10 Å². The van der Waals surface area contributed by atoms with E-state index in [0.29, 0.717) is 5.75 Å². The Morgan fingerprint density at radius 2 is 1.55 bits per heavy atom. The molecule has 0 radical (unpaired) electrons. The van der Waals surface area contributed by atoms with Crippen LogP contribution in [0, 0.1) is 5.92 Å². The van der Waals surface area contributed by atoms with Crippen LogP contribution in [-0.2, 0) is 19.2 Å². The number of carboxylic acids is 1. The van der Waals surface area contributed by atoms with Crippen LogP contribution in [0.5, 0.6) is 0 Å². The second-order valence-corrected chi connectivity index (χ2v) is 8.27. The van der Waals surface area contributed by atoms with Crippen LogP contribution in [0.3, 0.4) is 0 Å². The summed E-state index contributed by atoms with van der Waals surface area (Å²) in [6.45, 7) is 4.77. The van der Waals surface area contributed by atoms with E-state index < -0.39 is 54.0 Å². The number of nitrogens with one attached hydrogen (secondary N) is 3. The fourth-order valence-corrected chi connectivity index (χ4v) is 2.95. The number of carbonyl (C=O) groups excluding carboxylic acids is 3. The zero-order chi connectivity index (χ0) is 22.7. The molecule has 0 aromatic rings. The van der Waals surface area contributed by atoms with Crippen LogP contribution >= 0.6 is 24.4 Å². The predicted octanol–water partition coefficient (Wildman–Crippen LogP) is -1.43. The number of aliphatic hydroxyl groups excluding tert-OH is 1. The van der Waals surface area contributed by atoms with Gasteiger partial charge in [0.25, 0.3) is 0 Å². The van der Waals surface area contributed by atoms with Gasteiger partial charge in [0.2, 0.25) is 17.7 Å². The normalized spacial score (nSPS) is 16.3. The van der Waals surface area contributed by atoms with E-state index in [4.69, 9.17) is 10.8 Å². The number of thiol groups is 1. The highest BCUT2D eigenvalue weighted by Crippen LogP contribution is 2.07. The molecule has 29 heavy (non-hydrogen) atoms. The molecule has 0 aliphatic rings. The maximum Gasteiger partial charge on any atom is 0.327 e. The summed E-state index contributed by atoms with van der Waals surface area (Å²) in [5.41, 5.74) is 5.60. The zero-order valence-electron chi connectivity index (χ0n) is 17.0. The van der Waals surface area contributed by atoms with Gasteiger partial charge in [-0.1, -0.05) is 13.8 Å². The van der Waals surface area contributed by atoms with Crippen molar-refractivity contribution in [2.75, 3.05) is 17.8 Å². The van der Waals surface area contributed by atoms with E-state index in [0.717, 1.165) is 0 Å². The molecule has 0 heterocycles. The predicted molar refractivity (Wildman–Crippen MR) is 115 cm³/mol. The second kappa shape index (κ2) is 13.7. The summed E-state index contributed by atoms with van der Waals surface area (Å²) < 4.78 is 0. The number of carboxylic acid groups (broad SMARTS) is 1. The minimum atomic E-state index is -1.23. The number of rotatable bonds is 13. The lowest BCUT2D eigenvalue weighted by atomic mass is 10.0. The number of nitrogens with two attached hydrogens (primary N) is 1. The molecule has 0 aliphatic heterocycles. The third-order valence-corrected chi connectivity index (χ3v) is 5.12. The van der Waals surface area contributed by atoms with Gasteiger partial charge in [-0.3, -0.25) is 14.4 Å². The Labute approximate surface area is 180 Å². The smallest absolute Gasteiger partial charge is 0.327 e. The van der Waals surface area contributed by atoms with E-state index in [1.54, 1.807) is 13.8 Å². The van der Waals surface area contributed by atoms with Gasteiger partial charge in [0, 0.05) is 5.75 Å². The molecule has 12 heteroatoms. The topological polar surface area (TPSA) is 171 Å². The number of aliphatic carboxylic acids is 1. The van der Waals surface area contributed by atoms with Crippen LogP contribution in [0.4, 0.5) is 0 Å². The monoisotopic (exact) mass is 452 g/mol. The van der Waals surface area contributed by atoms with Crippen molar-refractivity contribution in [3.05, 3.63) is 0 Å². The fourth-order valence-electron chi connectivity index (χ4n) is 2.23. The van der Waals surface area contributed by atoms with Gasteiger partial charge in [0.15, 0.2) is 0 Å². The van der Waals surface area contributed by atoms with Crippen LogP contribution in [0.15, 0.2) is 0 Å². The molecule has 0 aliphatic carbocycles. The molecule has 3 amide bonds. The average molecular weight is 453 g/mol. The van der Waals surface area contributed by atoms with E-state index in [-0.39, 0.29) is 18.1 Å². The first-order chi connectivity index (χ1) is 13.5. The lowest BCUT2D eigenvalue weighted by Crippen LogP contribution is -2.59. The molecule has 5 unspecified atom stereocenters. The number of hydrogen-bond acceptors (Lipinski definition) is 8. The van der Waals surface area contributed by atoms with Crippen molar-refractivity contribution in [2.24, 2.45) is 11.7 Å². The summed E-state index contributed by atoms with van der Waals surface area (Å²) in [6, 6.07) is -4.37. The fraction of sp³-hybridized carbons (Fsp3) is 0.765. The average Bonchev–Trinajstić information content (AvgIpc) is 2.65. The van der Waals surface area contributed by atoms with Crippen LogP contribution < -0.4 is 21.7 Å². The van der Waals surface area contributed by atoms with Crippen molar-refractivity contribution in [1.82, 2.24) is 16.0 Å². The van der Waals surface area contributed by atoms with Crippen molar-refractivity contribution in [3.8, 4) is 0 Å². The molecule has 0 bridgehead atoms. The summed E-state index contributed by atoms with van der Waals surface area (Å²) in [6.07, 6.45) is 1.00. The highest BCUT2D eigenvalue weighted by molar-refractivity contribution is 7.98. The van der Waals surface area contributed by atoms with Gasteiger partial charge in [-0.25, -0.2) is 4.79 Å². The summed E-state index contributed by atoms with van der Waals surface area (Å²) in [4.78, 5) is 48.5. The van der Waals surface area contributed by atoms with E-state index in [1.807, 2.05) is 6.26 Å². The molecule has 0 aromatic heterocycles. The molecular formula is C17H32N4O6S2. The van der Waals surface area contributed by atoms with Crippen molar-refractivity contribution >= 4 is 48.1 Å². The maximum atomic E-state index is 12.7. The Morgan fingerprint density at radius 1 is 1.00 bits per heavy atom.